The molecule has 6 heteroatoms. The van der Waals surface area contributed by atoms with Crippen molar-refractivity contribution in [3.8, 4) is 0 Å². The molecule has 0 bridgehead atoms. The molecule has 0 aromatic rings. The van der Waals surface area contributed by atoms with E-state index in [0.717, 1.165) is 12.8 Å². The van der Waals surface area contributed by atoms with Crippen LogP contribution in [0, 0.1) is 0 Å². The molecule has 0 aromatic heterocycles. The molecule has 1 unspecified atom stereocenters. The lowest BCUT2D eigenvalue weighted by atomic mass is 10.2. The minimum absolute atomic E-state index is 0.0402. The number of carbonyl (C=O) groups excluding carboxylic acids is 1. The summed E-state index contributed by atoms with van der Waals surface area (Å²) < 4.78 is 5.33. The van der Waals surface area contributed by atoms with Crippen LogP contribution < -0.4 is 11.1 Å². The first-order valence-corrected chi connectivity index (χ1v) is 5.98. The lowest BCUT2D eigenvalue weighted by molar-refractivity contribution is -0.132. The first-order chi connectivity index (χ1) is 7.66. The molecule has 2 aliphatic rings. The molecule has 90 valence electrons. The predicted octanol–water partition coefficient (Wildman–Crippen LogP) is -0.748. The fourth-order valence-electron chi connectivity index (χ4n) is 1.79. The first kappa shape index (κ1) is 11.8. The largest absolute Gasteiger partial charge is 0.392 e. The second-order valence-electron chi connectivity index (χ2n) is 4.31. The van der Waals surface area contributed by atoms with Crippen molar-refractivity contribution in [3.05, 3.63) is 0 Å². The highest BCUT2D eigenvalue weighted by atomic mass is 32.1. The third kappa shape index (κ3) is 3.13. The highest BCUT2D eigenvalue weighted by Crippen LogP contribution is 2.19. The number of morpholine rings is 1. The van der Waals surface area contributed by atoms with Crippen LogP contribution in [0.1, 0.15) is 12.8 Å². The van der Waals surface area contributed by atoms with E-state index in [4.69, 9.17) is 22.7 Å². The van der Waals surface area contributed by atoms with Gasteiger partial charge in [0.2, 0.25) is 5.91 Å². The lowest BCUT2D eigenvalue weighted by Crippen LogP contribution is -2.55. The van der Waals surface area contributed by atoms with Crippen molar-refractivity contribution in [1.82, 2.24) is 10.2 Å². The molecule has 2 fully saturated rings. The fourth-order valence-corrected chi connectivity index (χ4v) is 1.96. The molecule has 1 aliphatic carbocycles. The van der Waals surface area contributed by atoms with Crippen LogP contribution in [0.5, 0.6) is 0 Å². The van der Waals surface area contributed by atoms with Crippen molar-refractivity contribution in [2.24, 2.45) is 5.73 Å². The normalized spacial score (nSPS) is 26.4. The van der Waals surface area contributed by atoms with Gasteiger partial charge in [0.25, 0.3) is 0 Å². The Hall–Kier alpha value is -0.720. The van der Waals surface area contributed by atoms with Crippen LogP contribution in [0.15, 0.2) is 0 Å². The van der Waals surface area contributed by atoms with E-state index in [1.165, 1.54) is 0 Å². The zero-order valence-electron chi connectivity index (χ0n) is 9.15. The average molecular weight is 243 g/mol. The van der Waals surface area contributed by atoms with Crippen LogP contribution in [0.2, 0.25) is 0 Å². The molecular weight excluding hydrogens is 226 g/mol. The van der Waals surface area contributed by atoms with E-state index >= 15 is 0 Å². The monoisotopic (exact) mass is 243 g/mol. The zero-order chi connectivity index (χ0) is 11.5. The molecule has 1 saturated heterocycles. The SMILES string of the molecule is NC(=S)CN1CCOCC1C(=O)NC1CC1. The summed E-state index contributed by atoms with van der Waals surface area (Å²) in [5.74, 6) is 0.0402. The summed E-state index contributed by atoms with van der Waals surface area (Å²) in [7, 11) is 0. The van der Waals surface area contributed by atoms with Crippen molar-refractivity contribution in [3.63, 3.8) is 0 Å². The van der Waals surface area contributed by atoms with E-state index in [1.807, 2.05) is 4.90 Å². The van der Waals surface area contributed by atoms with E-state index in [1.54, 1.807) is 0 Å². The molecule has 1 heterocycles. The first-order valence-electron chi connectivity index (χ1n) is 5.57. The summed E-state index contributed by atoms with van der Waals surface area (Å²) in [5.41, 5.74) is 5.52. The standard InChI is InChI=1S/C10H17N3O2S/c11-9(16)5-13-3-4-15-6-8(13)10(14)12-7-1-2-7/h7-8H,1-6H2,(H2,11,16)(H,12,14). The smallest absolute Gasteiger partial charge is 0.239 e. The van der Waals surface area contributed by atoms with Gasteiger partial charge in [-0.3, -0.25) is 9.69 Å². The topological polar surface area (TPSA) is 67.6 Å². The van der Waals surface area contributed by atoms with Crippen LogP contribution in [-0.2, 0) is 9.53 Å². The minimum atomic E-state index is -0.240. The summed E-state index contributed by atoms with van der Waals surface area (Å²) in [5, 5.41) is 2.98. The van der Waals surface area contributed by atoms with E-state index < -0.39 is 0 Å². The van der Waals surface area contributed by atoms with Gasteiger partial charge in [-0.2, -0.15) is 0 Å². The van der Waals surface area contributed by atoms with E-state index in [-0.39, 0.29) is 11.9 Å². The van der Waals surface area contributed by atoms with Gasteiger partial charge < -0.3 is 15.8 Å². The summed E-state index contributed by atoms with van der Waals surface area (Å²) >= 11 is 4.88. The van der Waals surface area contributed by atoms with Gasteiger partial charge in [-0.1, -0.05) is 12.2 Å². The van der Waals surface area contributed by atoms with Gasteiger partial charge in [0.15, 0.2) is 0 Å². The van der Waals surface area contributed by atoms with Gasteiger partial charge in [0.1, 0.15) is 6.04 Å². The third-order valence-corrected chi connectivity index (χ3v) is 2.95. The van der Waals surface area contributed by atoms with Crippen molar-refractivity contribution in [2.45, 2.75) is 24.9 Å². The quantitative estimate of drug-likeness (QED) is 0.636. The van der Waals surface area contributed by atoms with Crippen molar-refractivity contribution >= 4 is 23.1 Å². The Morgan fingerprint density at radius 3 is 2.94 bits per heavy atom. The Morgan fingerprint density at radius 2 is 2.31 bits per heavy atom. The molecule has 1 atom stereocenters. The predicted molar refractivity (Wildman–Crippen MR) is 64.1 cm³/mol. The molecule has 1 saturated carbocycles. The van der Waals surface area contributed by atoms with Gasteiger partial charge in [-0.05, 0) is 12.8 Å². The fraction of sp³-hybridized carbons (Fsp3) is 0.800. The van der Waals surface area contributed by atoms with Crippen LogP contribution in [-0.4, -0.2) is 54.2 Å². The number of nitrogens with two attached hydrogens (primary N) is 1. The number of rotatable bonds is 4. The minimum Gasteiger partial charge on any atom is -0.392 e. The van der Waals surface area contributed by atoms with Gasteiger partial charge in [-0.15, -0.1) is 0 Å². The number of carbonyl (C=O) groups is 1. The van der Waals surface area contributed by atoms with Crippen molar-refractivity contribution in [1.29, 1.82) is 0 Å². The number of ether oxygens (including phenoxy) is 1. The Bertz CT molecular complexity index is 294. The summed E-state index contributed by atoms with van der Waals surface area (Å²) in [6, 6.07) is 0.136. The molecule has 16 heavy (non-hydrogen) atoms. The second-order valence-corrected chi connectivity index (χ2v) is 4.83. The highest BCUT2D eigenvalue weighted by molar-refractivity contribution is 7.80. The van der Waals surface area contributed by atoms with Crippen LogP contribution >= 0.6 is 12.2 Å². The zero-order valence-corrected chi connectivity index (χ0v) is 9.96. The molecule has 0 aromatic carbocycles. The number of nitrogens with zero attached hydrogens (tertiary/aromatic N) is 1. The molecule has 1 amide bonds. The average Bonchev–Trinajstić information content (AvgIpc) is 3.01. The van der Waals surface area contributed by atoms with Crippen LogP contribution in [0.3, 0.4) is 0 Å². The van der Waals surface area contributed by atoms with Crippen LogP contribution in [0.25, 0.3) is 0 Å². The van der Waals surface area contributed by atoms with Gasteiger partial charge >= 0.3 is 0 Å². The van der Waals surface area contributed by atoms with Crippen molar-refractivity contribution < 1.29 is 9.53 Å². The maximum absolute atomic E-state index is 11.9. The van der Waals surface area contributed by atoms with Gasteiger partial charge in [-0.25, -0.2) is 0 Å². The number of amides is 1. The highest BCUT2D eigenvalue weighted by Gasteiger charge is 2.33. The lowest BCUT2D eigenvalue weighted by Gasteiger charge is -2.34. The number of hydrogen-bond donors (Lipinski definition) is 2. The Morgan fingerprint density at radius 1 is 1.56 bits per heavy atom. The Balaban J connectivity index is 1.91. The number of hydrogen-bond acceptors (Lipinski definition) is 4. The molecule has 2 rings (SSSR count). The maximum atomic E-state index is 11.9. The van der Waals surface area contributed by atoms with Gasteiger partial charge in [0, 0.05) is 19.1 Å². The summed E-state index contributed by atoms with van der Waals surface area (Å²) in [4.78, 5) is 14.3. The Labute approximate surface area is 100 Å². The maximum Gasteiger partial charge on any atom is 0.239 e. The summed E-state index contributed by atoms with van der Waals surface area (Å²) in [6.45, 7) is 2.26. The molecule has 0 radical (unpaired) electrons. The molecular formula is C10H17N3O2S. The molecule has 1 aliphatic heterocycles. The third-order valence-electron chi connectivity index (χ3n) is 2.82. The van der Waals surface area contributed by atoms with E-state index in [0.29, 0.717) is 37.3 Å². The molecule has 5 nitrogen and oxygen atoms in total. The summed E-state index contributed by atoms with van der Waals surface area (Å²) in [6.07, 6.45) is 2.18. The molecule has 0 spiro atoms. The molecule has 3 N–H and O–H groups in total. The van der Waals surface area contributed by atoms with Crippen molar-refractivity contribution in [2.75, 3.05) is 26.3 Å². The number of thiocarbonyl (C=S) groups is 1. The van der Waals surface area contributed by atoms with E-state index in [2.05, 4.69) is 5.32 Å². The Kier molecular flexibility index (Phi) is 3.73. The second kappa shape index (κ2) is 5.07. The number of nitrogens with one attached hydrogen (secondary N) is 1. The van der Waals surface area contributed by atoms with Crippen LogP contribution in [0.4, 0.5) is 0 Å². The van der Waals surface area contributed by atoms with E-state index in [9.17, 15) is 4.79 Å². The van der Waals surface area contributed by atoms with Gasteiger partial charge in [0.05, 0.1) is 18.2 Å².